The Hall–Kier alpha value is -2.44. The van der Waals surface area contributed by atoms with Gasteiger partial charge in [0.05, 0.1) is 16.1 Å². The molecule has 0 radical (unpaired) electrons. The van der Waals surface area contributed by atoms with Gasteiger partial charge in [0.2, 0.25) is 11.7 Å². The molecule has 0 spiro atoms. The van der Waals surface area contributed by atoms with Crippen molar-refractivity contribution in [1.82, 2.24) is 25.5 Å². The van der Waals surface area contributed by atoms with Gasteiger partial charge in [-0.2, -0.15) is 4.80 Å². The lowest BCUT2D eigenvalue weighted by atomic mass is 10.1. The summed E-state index contributed by atoms with van der Waals surface area (Å²) in [4.78, 5) is 13.5. The van der Waals surface area contributed by atoms with Crippen LogP contribution in [-0.4, -0.2) is 26.1 Å². The van der Waals surface area contributed by atoms with Gasteiger partial charge >= 0.3 is 0 Å². The summed E-state index contributed by atoms with van der Waals surface area (Å²) < 4.78 is 0. The van der Waals surface area contributed by atoms with E-state index in [9.17, 15) is 4.79 Å². The second-order valence-electron chi connectivity index (χ2n) is 5.92. The molecule has 1 heterocycles. The summed E-state index contributed by atoms with van der Waals surface area (Å²) in [7, 11) is 0. The lowest BCUT2D eigenvalue weighted by Crippen LogP contribution is -2.30. The fraction of sp³-hybridized carbons (Fsp3) is 0.222. The molecule has 0 unspecified atom stereocenters. The van der Waals surface area contributed by atoms with E-state index in [2.05, 4.69) is 20.7 Å². The zero-order chi connectivity index (χ0) is 18.7. The molecule has 0 fully saturated rings. The minimum absolute atomic E-state index is 0.0233. The first-order valence-corrected chi connectivity index (χ1v) is 8.78. The van der Waals surface area contributed by atoms with E-state index in [0.29, 0.717) is 15.9 Å². The van der Waals surface area contributed by atoms with Crippen LogP contribution in [0.5, 0.6) is 0 Å². The monoisotopic (exact) mass is 389 g/mol. The number of halogens is 2. The van der Waals surface area contributed by atoms with E-state index in [0.717, 1.165) is 16.7 Å². The number of amides is 1. The van der Waals surface area contributed by atoms with Crippen molar-refractivity contribution < 1.29 is 4.79 Å². The number of benzene rings is 2. The maximum Gasteiger partial charge on any atom is 0.244 e. The van der Waals surface area contributed by atoms with E-state index < -0.39 is 0 Å². The van der Waals surface area contributed by atoms with Gasteiger partial charge in [-0.3, -0.25) is 4.79 Å². The topological polar surface area (TPSA) is 72.7 Å². The summed E-state index contributed by atoms with van der Waals surface area (Å²) in [6.07, 6.45) is 0. The van der Waals surface area contributed by atoms with Gasteiger partial charge in [-0.15, -0.1) is 10.2 Å². The Bertz CT molecular complexity index is 941. The molecule has 0 aliphatic carbocycles. The Morgan fingerprint density at radius 3 is 2.69 bits per heavy atom. The maximum atomic E-state index is 12.3. The van der Waals surface area contributed by atoms with Crippen molar-refractivity contribution >= 4 is 29.1 Å². The van der Waals surface area contributed by atoms with Crippen molar-refractivity contribution in [3.63, 3.8) is 0 Å². The predicted molar refractivity (Wildman–Crippen MR) is 101 cm³/mol. The fourth-order valence-electron chi connectivity index (χ4n) is 2.52. The third kappa shape index (κ3) is 4.20. The highest BCUT2D eigenvalue weighted by Gasteiger charge is 2.14. The standard InChI is InChI=1S/C18H17Cl2N5O/c1-11-5-3-4-6-14(11)18-22-24-25(23-18)10-17(26)21-12(2)13-7-8-15(19)16(20)9-13/h3-9,12H,10H2,1-2H3,(H,21,26)/t12-/m1/s1. The number of nitrogens with zero attached hydrogens (tertiary/aromatic N) is 4. The minimum Gasteiger partial charge on any atom is -0.348 e. The van der Waals surface area contributed by atoms with Crippen LogP contribution in [-0.2, 0) is 11.3 Å². The molecule has 6 nitrogen and oxygen atoms in total. The highest BCUT2D eigenvalue weighted by atomic mass is 35.5. The second kappa shape index (κ2) is 7.85. The summed E-state index contributed by atoms with van der Waals surface area (Å²) in [6.45, 7) is 3.82. The first kappa shape index (κ1) is 18.4. The van der Waals surface area contributed by atoms with Crippen LogP contribution in [0.25, 0.3) is 11.4 Å². The molecule has 3 aromatic rings. The number of tetrazole rings is 1. The quantitative estimate of drug-likeness (QED) is 0.719. The summed E-state index contributed by atoms with van der Waals surface area (Å²) in [5, 5.41) is 16.1. The predicted octanol–water partition coefficient (Wildman–Crippen LogP) is 3.83. The molecule has 3 rings (SSSR count). The van der Waals surface area contributed by atoms with Crippen LogP contribution in [0.4, 0.5) is 0 Å². The Kier molecular flexibility index (Phi) is 5.54. The van der Waals surface area contributed by atoms with Crippen molar-refractivity contribution in [2.45, 2.75) is 26.4 Å². The average molecular weight is 390 g/mol. The molecule has 2 aromatic carbocycles. The highest BCUT2D eigenvalue weighted by molar-refractivity contribution is 6.42. The summed E-state index contributed by atoms with van der Waals surface area (Å²) in [5.74, 6) is 0.269. The van der Waals surface area contributed by atoms with Gasteiger partial charge in [0.25, 0.3) is 0 Å². The maximum absolute atomic E-state index is 12.3. The molecule has 26 heavy (non-hydrogen) atoms. The average Bonchev–Trinajstić information content (AvgIpc) is 3.05. The normalized spacial score (nSPS) is 12.0. The van der Waals surface area contributed by atoms with E-state index in [4.69, 9.17) is 23.2 Å². The Morgan fingerprint density at radius 2 is 1.96 bits per heavy atom. The zero-order valence-corrected chi connectivity index (χ0v) is 15.8. The fourth-order valence-corrected chi connectivity index (χ4v) is 2.83. The molecule has 0 saturated carbocycles. The molecule has 1 atom stereocenters. The number of rotatable bonds is 5. The van der Waals surface area contributed by atoms with Crippen molar-refractivity contribution in [2.24, 2.45) is 0 Å². The second-order valence-corrected chi connectivity index (χ2v) is 6.74. The number of aromatic nitrogens is 4. The smallest absolute Gasteiger partial charge is 0.244 e. The molecule has 1 N–H and O–H groups in total. The van der Waals surface area contributed by atoms with Gasteiger partial charge in [-0.1, -0.05) is 53.5 Å². The minimum atomic E-state index is -0.225. The van der Waals surface area contributed by atoms with Crippen molar-refractivity contribution in [2.75, 3.05) is 0 Å². The van der Waals surface area contributed by atoms with Crippen LogP contribution >= 0.6 is 23.2 Å². The molecular formula is C18H17Cl2N5O. The molecule has 1 amide bonds. The summed E-state index contributed by atoms with van der Waals surface area (Å²) >= 11 is 11.9. The molecule has 0 bridgehead atoms. The van der Waals surface area contributed by atoms with Gasteiger partial charge in [0, 0.05) is 5.56 Å². The lowest BCUT2D eigenvalue weighted by molar-refractivity contribution is -0.122. The Balaban J connectivity index is 1.65. The van der Waals surface area contributed by atoms with Crippen LogP contribution in [0.3, 0.4) is 0 Å². The zero-order valence-electron chi connectivity index (χ0n) is 14.3. The van der Waals surface area contributed by atoms with Crippen LogP contribution in [0.1, 0.15) is 24.1 Å². The molecule has 0 aliphatic rings. The number of hydrogen-bond acceptors (Lipinski definition) is 4. The number of aryl methyl sites for hydroxylation is 1. The van der Waals surface area contributed by atoms with E-state index in [1.807, 2.05) is 44.2 Å². The molecule has 1 aromatic heterocycles. The summed E-state index contributed by atoms with van der Waals surface area (Å²) in [6, 6.07) is 12.8. The van der Waals surface area contributed by atoms with E-state index in [-0.39, 0.29) is 18.5 Å². The first-order chi connectivity index (χ1) is 12.4. The number of carbonyl (C=O) groups is 1. The van der Waals surface area contributed by atoms with Gasteiger partial charge in [-0.05, 0) is 42.3 Å². The van der Waals surface area contributed by atoms with E-state index in [1.165, 1.54) is 4.80 Å². The van der Waals surface area contributed by atoms with Crippen molar-refractivity contribution in [3.8, 4) is 11.4 Å². The molecule has 8 heteroatoms. The number of hydrogen-bond donors (Lipinski definition) is 1. The van der Waals surface area contributed by atoms with Crippen LogP contribution in [0.2, 0.25) is 10.0 Å². The SMILES string of the molecule is Cc1ccccc1-c1nnn(CC(=O)N[C@H](C)c2ccc(Cl)c(Cl)c2)n1. The Labute approximate surface area is 161 Å². The van der Waals surface area contributed by atoms with Gasteiger partial charge in [-0.25, -0.2) is 0 Å². The number of nitrogens with one attached hydrogen (secondary N) is 1. The first-order valence-electron chi connectivity index (χ1n) is 8.02. The van der Waals surface area contributed by atoms with Crippen LogP contribution in [0.15, 0.2) is 42.5 Å². The molecular weight excluding hydrogens is 373 g/mol. The Morgan fingerprint density at radius 1 is 1.19 bits per heavy atom. The van der Waals surface area contributed by atoms with E-state index in [1.54, 1.807) is 12.1 Å². The highest BCUT2D eigenvalue weighted by Crippen LogP contribution is 2.25. The van der Waals surface area contributed by atoms with Crippen LogP contribution < -0.4 is 5.32 Å². The van der Waals surface area contributed by atoms with Crippen molar-refractivity contribution in [3.05, 3.63) is 63.6 Å². The van der Waals surface area contributed by atoms with Gasteiger partial charge < -0.3 is 5.32 Å². The largest absolute Gasteiger partial charge is 0.348 e. The molecule has 134 valence electrons. The van der Waals surface area contributed by atoms with Gasteiger partial charge in [0.1, 0.15) is 6.54 Å². The summed E-state index contributed by atoms with van der Waals surface area (Å²) in [5.41, 5.74) is 2.80. The molecule has 0 aliphatic heterocycles. The lowest BCUT2D eigenvalue weighted by Gasteiger charge is -2.14. The number of carbonyl (C=O) groups excluding carboxylic acids is 1. The van der Waals surface area contributed by atoms with Gasteiger partial charge in [0.15, 0.2) is 0 Å². The van der Waals surface area contributed by atoms with Crippen molar-refractivity contribution in [1.29, 1.82) is 0 Å². The van der Waals surface area contributed by atoms with Crippen LogP contribution in [0, 0.1) is 6.92 Å². The molecule has 0 saturated heterocycles. The third-order valence-electron chi connectivity index (χ3n) is 3.94. The van der Waals surface area contributed by atoms with E-state index >= 15 is 0 Å². The third-order valence-corrected chi connectivity index (χ3v) is 4.68.